The molecule has 0 radical (unpaired) electrons. The van der Waals surface area contributed by atoms with Crippen LogP contribution in [0, 0.1) is 0 Å². The molecule has 0 saturated carbocycles. The van der Waals surface area contributed by atoms with Crippen molar-refractivity contribution in [2.75, 3.05) is 6.54 Å². The van der Waals surface area contributed by atoms with Crippen molar-refractivity contribution in [1.82, 2.24) is 10.3 Å². The lowest BCUT2D eigenvalue weighted by Gasteiger charge is -2.12. The number of aryl methyl sites for hydroxylation is 1. The molecule has 2 aromatic carbocycles. The number of oxazole rings is 1. The van der Waals surface area contributed by atoms with Gasteiger partial charge in [0, 0.05) is 30.5 Å². The minimum atomic E-state index is -0.532. The van der Waals surface area contributed by atoms with E-state index in [-0.39, 0.29) is 11.9 Å². The van der Waals surface area contributed by atoms with E-state index in [0.29, 0.717) is 44.5 Å². The minimum Gasteiger partial charge on any atom is -0.440 e. The first-order chi connectivity index (χ1) is 16.6. The summed E-state index contributed by atoms with van der Waals surface area (Å²) in [5.74, 6) is 1.25. The van der Waals surface area contributed by atoms with E-state index in [0.717, 1.165) is 35.3 Å². The number of aliphatic imine (C=N–C) groups is 1. The van der Waals surface area contributed by atoms with Crippen LogP contribution in [-0.4, -0.2) is 35.7 Å². The van der Waals surface area contributed by atoms with E-state index >= 15 is 0 Å². The zero-order chi connectivity index (χ0) is 24.2. The van der Waals surface area contributed by atoms with Gasteiger partial charge in [0.1, 0.15) is 12.0 Å². The molecule has 5 N–H and O–H groups in total. The molecule has 0 spiro atoms. The third-order valence-electron chi connectivity index (χ3n) is 5.28. The molecule has 0 saturated heterocycles. The zero-order valence-corrected chi connectivity index (χ0v) is 19.2. The Morgan fingerprint density at radius 3 is 2.32 bits per heavy atom. The maximum Gasteiger partial charge on any atom is 0.220 e. The van der Waals surface area contributed by atoms with Crippen LogP contribution < -0.4 is 16.8 Å². The van der Waals surface area contributed by atoms with E-state index in [1.807, 2.05) is 60.7 Å². The summed E-state index contributed by atoms with van der Waals surface area (Å²) in [6, 6.07) is 19.3. The molecule has 8 heteroatoms. The van der Waals surface area contributed by atoms with Crippen molar-refractivity contribution < 1.29 is 14.0 Å². The molecule has 0 aliphatic rings. The third kappa shape index (κ3) is 7.58. The summed E-state index contributed by atoms with van der Waals surface area (Å²) in [7, 11) is 0. The number of amides is 1. The fourth-order valence-electron chi connectivity index (χ4n) is 3.58. The van der Waals surface area contributed by atoms with Crippen molar-refractivity contribution in [3.63, 3.8) is 0 Å². The number of rotatable bonds is 13. The van der Waals surface area contributed by atoms with Gasteiger partial charge in [-0.1, -0.05) is 60.7 Å². The Morgan fingerprint density at radius 1 is 1.00 bits per heavy atom. The van der Waals surface area contributed by atoms with Gasteiger partial charge in [-0.05, 0) is 25.7 Å². The molecule has 0 aliphatic carbocycles. The van der Waals surface area contributed by atoms with Crippen LogP contribution in [0.25, 0.3) is 22.6 Å². The van der Waals surface area contributed by atoms with E-state index in [1.54, 1.807) is 0 Å². The molecule has 1 heterocycles. The van der Waals surface area contributed by atoms with Gasteiger partial charge in [-0.15, -0.1) is 0 Å². The summed E-state index contributed by atoms with van der Waals surface area (Å²) >= 11 is 0. The number of nitrogens with zero attached hydrogens (tertiary/aromatic N) is 2. The Labute approximate surface area is 199 Å². The number of carbonyl (C=O) groups is 2. The second-order valence-corrected chi connectivity index (χ2v) is 7.98. The van der Waals surface area contributed by atoms with Crippen molar-refractivity contribution in [1.29, 1.82) is 0 Å². The Bertz CT molecular complexity index is 1020. The predicted octanol–water partition coefficient (Wildman–Crippen LogP) is 3.46. The molecule has 3 aromatic rings. The normalized spacial score (nSPS) is 11.5. The second-order valence-electron chi connectivity index (χ2n) is 7.98. The topological polar surface area (TPSA) is 137 Å². The lowest BCUT2D eigenvalue weighted by molar-refractivity contribution is -0.124. The van der Waals surface area contributed by atoms with Gasteiger partial charge in [0.25, 0.3) is 0 Å². The highest BCUT2D eigenvalue weighted by Crippen LogP contribution is 2.32. The average Bonchev–Trinajstić information content (AvgIpc) is 3.29. The van der Waals surface area contributed by atoms with Gasteiger partial charge in [0.05, 0.1) is 6.04 Å². The number of aromatic nitrogens is 1. The number of aldehydes is 1. The van der Waals surface area contributed by atoms with Crippen LogP contribution in [0.2, 0.25) is 0 Å². The summed E-state index contributed by atoms with van der Waals surface area (Å²) in [5, 5.41) is 2.75. The van der Waals surface area contributed by atoms with Gasteiger partial charge < -0.3 is 26.0 Å². The van der Waals surface area contributed by atoms with Crippen LogP contribution in [-0.2, 0) is 16.0 Å². The van der Waals surface area contributed by atoms with E-state index in [2.05, 4.69) is 10.3 Å². The second kappa shape index (κ2) is 12.9. The minimum absolute atomic E-state index is 0.0181. The van der Waals surface area contributed by atoms with Crippen molar-refractivity contribution in [2.45, 2.75) is 44.6 Å². The highest BCUT2D eigenvalue weighted by Gasteiger charge is 2.17. The fourth-order valence-corrected chi connectivity index (χ4v) is 3.58. The number of hydrogen-bond donors (Lipinski definition) is 3. The Morgan fingerprint density at radius 2 is 1.68 bits per heavy atom. The number of guanidine groups is 1. The molecule has 8 nitrogen and oxygen atoms in total. The van der Waals surface area contributed by atoms with Gasteiger partial charge in [-0.25, -0.2) is 4.98 Å². The SMILES string of the molecule is NC(N)=NCCC[C@@H](C=O)NC(=O)CCCCc1nc(-c2ccccc2)c(-c2ccccc2)o1. The molecule has 1 aromatic heterocycles. The number of unbranched alkanes of at least 4 members (excludes halogenated alkanes) is 1. The number of benzene rings is 2. The van der Waals surface area contributed by atoms with Crippen molar-refractivity contribution in [3.05, 3.63) is 66.6 Å². The van der Waals surface area contributed by atoms with E-state index in [4.69, 9.17) is 20.9 Å². The van der Waals surface area contributed by atoms with Gasteiger partial charge in [-0.2, -0.15) is 0 Å². The lowest BCUT2D eigenvalue weighted by atomic mass is 10.1. The van der Waals surface area contributed by atoms with E-state index in [1.165, 1.54) is 0 Å². The molecular weight excluding hydrogens is 430 g/mol. The molecule has 178 valence electrons. The first-order valence-electron chi connectivity index (χ1n) is 11.5. The molecule has 0 unspecified atom stereocenters. The van der Waals surface area contributed by atoms with Gasteiger partial charge in [0.2, 0.25) is 5.91 Å². The maximum absolute atomic E-state index is 12.2. The molecule has 34 heavy (non-hydrogen) atoms. The monoisotopic (exact) mass is 461 g/mol. The molecule has 3 rings (SSSR count). The predicted molar refractivity (Wildman–Crippen MR) is 133 cm³/mol. The number of carbonyl (C=O) groups excluding carboxylic acids is 2. The average molecular weight is 462 g/mol. The third-order valence-corrected chi connectivity index (χ3v) is 5.28. The quantitative estimate of drug-likeness (QED) is 0.154. The van der Waals surface area contributed by atoms with Crippen molar-refractivity contribution >= 4 is 18.2 Å². The lowest BCUT2D eigenvalue weighted by Crippen LogP contribution is -2.36. The molecular formula is C26H31N5O3. The molecule has 0 aliphatic heterocycles. The van der Waals surface area contributed by atoms with Gasteiger partial charge in [0.15, 0.2) is 17.6 Å². The largest absolute Gasteiger partial charge is 0.440 e. The number of hydrogen-bond acceptors (Lipinski definition) is 5. The maximum atomic E-state index is 12.2. The van der Waals surface area contributed by atoms with Gasteiger partial charge in [-0.3, -0.25) is 9.79 Å². The summed E-state index contributed by atoms with van der Waals surface area (Å²) in [5.41, 5.74) is 13.3. The molecule has 1 amide bonds. The van der Waals surface area contributed by atoms with E-state index in [9.17, 15) is 9.59 Å². The molecule has 1 atom stereocenters. The molecule has 0 bridgehead atoms. The van der Waals surface area contributed by atoms with Gasteiger partial charge >= 0.3 is 0 Å². The van der Waals surface area contributed by atoms with Crippen molar-refractivity contribution in [2.24, 2.45) is 16.5 Å². The first-order valence-corrected chi connectivity index (χ1v) is 11.5. The zero-order valence-electron chi connectivity index (χ0n) is 19.2. The summed E-state index contributed by atoms with van der Waals surface area (Å²) in [6.45, 7) is 0.425. The van der Waals surface area contributed by atoms with Crippen LogP contribution in [0.4, 0.5) is 0 Å². The van der Waals surface area contributed by atoms with E-state index < -0.39 is 6.04 Å². The van der Waals surface area contributed by atoms with Crippen LogP contribution >= 0.6 is 0 Å². The molecule has 0 fully saturated rings. The smallest absolute Gasteiger partial charge is 0.220 e. The van der Waals surface area contributed by atoms with Crippen LogP contribution in [0.5, 0.6) is 0 Å². The van der Waals surface area contributed by atoms with Crippen LogP contribution in [0.3, 0.4) is 0 Å². The van der Waals surface area contributed by atoms with Crippen LogP contribution in [0.1, 0.15) is 38.0 Å². The van der Waals surface area contributed by atoms with Crippen molar-refractivity contribution in [3.8, 4) is 22.6 Å². The Kier molecular flexibility index (Phi) is 9.40. The standard InChI is InChI=1S/C26H31N5O3/c27-26(28)29-17-9-14-21(18-32)30-22(33)15-7-8-16-23-31-24(19-10-3-1-4-11-19)25(34-23)20-12-5-2-6-13-20/h1-6,10-13,18,21H,7-9,14-17H2,(H,30,33)(H4,27,28,29)/t21-/m0/s1. The summed E-state index contributed by atoms with van der Waals surface area (Å²) < 4.78 is 6.13. The van der Waals surface area contributed by atoms with Crippen LogP contribution in [0.15, 0.2) is 70.1 Å². The highest BCUT2D eigenvalue weighted by atomic mass is 16.4. The number of nitrogens with two attached hydrogens (primary N) is 2. The highest BCUT2D eigenvalue weighted by molar-refractivity contribution is 5.79. The fraction of sp³-hybridized carbons (Fsp3) is 0.308. The summed E-state index contributed by atoms with van der Waals surface area (Å²) in [6.07, 6.45) is 4.20. The number of nitrogens with one attached hydrogen (secondary N) is 1. The Balaban J connectivity index is 1.52. The summed E-state index contributed by atoms with van der Waals surface area (Å²) in [4.78, 5) is 32.1. The first kappa shape index (κ1) is 24.7. The Hall–Kier alpha value is -3.94.